The van der Waals surface area contributed by atoms with Gasteiger partial charge in [-0.05, 0) is 12.1 Å². The van der Waals surface area contributed by atoms with Crippen LogP contribution in [-0.4, -0.2) is 27.2 Å². The quantitative estimate of drug-likeness (QED) is 0.435. The number of para-hydroxylation sites is 1. The Kier molecular flexibility index (Phi) is 2.09. The van der Waals surface area contributed by atoms with Crippen LogP contribution in [-0.2, 0) is 4.79 Å². The van der Waals surface area contributed by atoms with E-state index in [9.17, 15) is 4.79 Å². The Morgan fingerprint density at radius 2 is 2.13 bits per heavy atom. The summed E-state index contributed by atoms with van der Waals surface area (Å²) >= 11 is 0. The van der Waals surface area contributed by atoms with E-state index >= 15 is 0 Å². The SMILES string of the molecule is O=C(O)C(=NO)c1noc2ccccc12. The Bertz CT molecular complexity index is 544. The molecule has 1 aromatic carbocycles. The van der Waals surface area contributed by atoms with E-state index in [2.05, 4.69) is 10.3 Å². The number of carboxylic acids is 1. The summed E-state index contributed by atoms with van der Waals surface area (Å²) in [5.41, 5.74) is -0.0875. The first kappa shape index (κ1) is 9.20. The molecule has 2 aromatic rings. The highest BCUT2D eigenvalue weighted by molar-refractivity contribution is 6.43. The van der Waals surface area contributed by atoms with Gasteiger partial charge in [0.05, 0.1) is 5.39 Å². The summed E-state index contributed by atoms with van der Waals surface area (Å²) in [6, 6.07) is 6.71. The van der Waals surface area contributed by atoms with Crippen LogP contribution in [0.15, 0.2) is 33.9 Å². The van der Waals surface area contributed by atoms with Crippen molar-refractivity contribution in [2.24, 2.45) is 5.16 Å². The Balaban J connectivity index is 2.67. The Hall–Kier alpha value is -2.37. The van der Waals surface area contributed by atoms with Gasteiger partial charge >= 0.3 is 5.97 Å². The first-order chi connectivity index (χ1) is 7.24. The van der Waals surface area contributed by atoms with Gasteiger partial charge in [0.1, 0.15) is 0 Å². The molecule has 0 bridgehead atoms. The maximum atomic E-state index is 10.7. The van der Waals surface area contributed by atoms with E-state index in [1.807, 2.05) is 0 Å². The van der Waals surface area contributed by atoms with E-state index in [4.69, 9.17) is 14.8 Å². The number of aliphatic carboxylic acids is 1. The number of benzene rings is 1. The van der Waals surface area contributed by atoms with Crippen molar-refractivity contribution in [1.82, 2.24) is 5.16 Å². The fraction of sp³-hybridized carbons (Fsp3) is 0. The number of carboxylic acid groups (broad SMARTS) is 1. The van der Waals surface area contributed by atoms with Crippen LogP contribution in [0.2, 0.25) is 0 Å². The predicted octanol–water partition coefficient (Wildman–Crippen LogP) is 1.09. The predicted molar refractivity (Wildman–Crippen MR) is 50.0 cm³/mol. The van der Waals surface area contributed by atoms with Crippen molar-refractivity contribution < 1.29 is 19.6 Å². The van der Waals surface area contributed by atoms with Crippen LogP contribution in [0.4, 0.5) is 0 Å². The second-order valence-corrected chi connectivity index (χ2v) is 2.78. The fourth-order valence-corrected chi connectivity index (χ4v) is 1.25. The van der Waals surface area contributed by atoms with Crippen molar-refractivity contribution in [2.75, 3.05) is 0 Å². The Morgan fingerprint density at radius 3 is 2.80 bits per heavy atom. The fourth-order valence-electron chi connectivity index (χ4n) is 1.25. The van der Waals surface area contributed by atoms with Crippen molar-refractivity contribution in [3.05, 3.63) is 30.0 Å². The highest BCUT2D eigenvalue weighted by Crippen LogP contribution is 2.18. The summed E-state index contributed by atoms with van der Waals surface area (Å²) in [4.78, 5) is 10.7. The number of hydrogen-bond donors (Lipinski definition) is 2. The van der Waals surface area contributed by atoms with Gasteiger partial charge in [0.25, 0.3) is 0 Å². The highest BCUT2D eigenvalue weighted by atomic mass is 16.5. The lowest BCUT2D eigenvalue weighted by Crippen LogP contribution is -2.15. The van der Waals surface area contributed by atoms with Crippen molar-refractivity contribution >= 4 is 22.7 Å². The van der Waals surface area contributed by atoms with Gasteiger partial charge in [0, 0.05) is 0 Å². The molecule has 6 nitrogen and oxygen atoms in total. The molecule has 6 heteroatoms. The summed E-state index contributed by atoms with van der Waals surface area (Å²) in [6.45, 7) is 0. The minimum absolute atomic E-state index is 0.0144. The highest BCUT2D eigenvalue weighted by Gasteiger charge is 2.20. The van der Waals surface area contributed by atoms with E-state index < -0.39 is 11.7 Å². The molecule has 0 unspecified atom stereocenters. The van der Waals surface area contributed by atoms with Gasteiger partial charge < -0.3 is 14.8 Å². The van der Waals surface area contributed by atoms with E-state index in [0.29, 0.717) is 11.0 Å². The van der Waals surface area contributed by atoms with Gasteiger partial charge in [0.2, 0.25) is 5.71 Å². The molecule has 0 aliphatic heterocycles. The maximum absolute atomic E-state index is 10.7. The molecule has 0 saturated carbocycles. The standard InChI is InChI=1S/C9H6N2O4/c12-9(13)8(10-14)7-5-3-1-2-4-6(5)15-11-7/h1-4,14H,(H,12,13). The largest absolute Gasteiger partial charge is 0.476 e. The summed E-state index contributed by atoms with van der Waals surface area (Å²) in [6.07, 6.45) is 0. The van der Waals surface area contributed by atoms with Gasteiger partial charge in [-0.3, -0.25) is 0 Å². The second-order valence-electron chi connectivity index (χ2n) is 2.78. The molecular weight excluding hydrogens is 200 g/mol. The average molecular weight is 206 g/mol. The number of oxime groups is 1. The first-order valence-electron chi connectivity index (χ1n) is 4.04. The molecule has 2 N–H and O–H groups in total. The lowest BCUT2D eigenvalue weighted by Gasteiger charge is -1.92. The van der Waals surface area contributed by atoms with Crippen molar-refractivity contribution in [3.63, 3.8) is 0 Å². The topological polar surface area (TPSA) is 95.9 Å². The van der Waals surface area contributed by atoms with Gasteiger partial charge in [-0.2, -0.15) is 0 Å². The number of rotatable bonds is 2. The molecule has 1 heterocycles. The van der Waals surface area contributed by atoms with E-state index in [1.54, 1.807) is 24.3 Å². The van der Waals surface area contributed by atoms with Crippen LogP contribution in [0.5, 0.6) is 0 Å². The molecule has 0 atom stereocenters. The Labute approximate surface area is 83.4 Å². The normalized spacial score (nSPS) is 11.9. The zero-order valence-corrected chi connectivity index (χ0v) is 7.41. The number of aromatic nitrogens is 1. The van der Waals surface area contributed by atoms with Crippen molar-refractivity contribution in [2.45, 2.75) is 0 Å². The number of carbonyl (C=O) groups is 1. The summed E-state index contributed by atoms with van der Waals surface area (Å²) < 4.78 is 4.88. The molecule has 1 aromatic heterocycles. The van der Waals surface area contributed by atoms with Gasteiger partial charge in [-0.25, -0.2) is 4.79 Å². The molecule has 0 aliphatic carbocycles. The molecule has 0 saturated heterocycles. The van der Waals surface area contributed by atoms with E-state index in [0.717, 1.165) is 0 Å². The van der Waals surface area contributed by atoms with Crippen LogP contribution < -0.4 is 0 Å². The molecule has 0 aliphatic rings. The molecule has 76 valence electrons. The zero-order valence-electron chi connectivity index (χ0n) is 7.41. The third kappa shape index (κ3) is 1.41. The summed E-state index contributed by atoms with van der Waals surface area (Å²) in [5.74, 6) is -1.36. The molecule has 0 spiro atoms. The van der Waals surface area contributed by atoms with E-state index in [1.165, 1.54) is 0 Å². The molecule has 0 radical (unpaired) electrons. The summed E-state index contributed by atoms with van der Waals surface area (Å²) in [5, 5.41) is 24.0. The lowest BCUT2D eigenvalue weighted by atomic mass is 10.1. The number of nitrogens with zero attached hydrogens (tertiary/aromatic N) is 2. The molecule has 0 fully saturated rings. The van der Waals surface area contributed by atoms with Crippen LogP contribution in [0.3, 0.4) is 0 Å². The first-order valence-corrected chi connectivity index (χ1v) is 4.04. The monoisotopic (exact) mass is 206 g/mol. The average Bonchev–Trinajstić information content (AvgIpc) is 2.63. The molecule has 2 rings (SSSR count). The Morgan fingerprint density at radius 1 is 1.40 bits per heavy atom. The minimum Gasteiger partial charge on any atom is -0.476 e. The molecule has 15 heavy (non-hydrogen) atoms. The third-order valence-electron chi connectivity index (χ3n) is 1.90. The van der Waals surface area contributed by atoms with Crippen molar-refractivity contribution in [3.8, 4) is 0 Å². The van der Waals surface area contributed by atoms with Crippen LogP contribution in [0.25, 0.3) is 11.0 Å². The number of hydrogen-bond acceptors (Lipinski definition) is 5. The minimum atomic E-state index is -1.36. The molecular formula is C9H6N2O4. The van der Waals surface area contributed by atoms with Gasteiger partial charge in [-0.1, -0.05) is 22.4 Å². The third-order valence-corrected chi connectivity index (χ3v) is 1.90. The second kappa shape index (κ2) is 3.41. The van der Waals surface area contributed by atoms with Crippen molar-refractivity contribution in [1.29, 1.82) is 0 Å². The van der Waals surface area contributed by atoms with Crippen LogP contribution in [0, 0.1) is 0 Å². The van der Waals surface area contributed by atoms with Gasteiger partial charge in [-0.15, -0.1) is 0 Å². The smallest absolute Gasteiger partial charge is 0.360 e. The van der Waals surface area contributed by atoms with E-state index in [-0.39, 0.29) is 5.69 Å². The molecule has 0 amide bonds. The summed E-state index contributed by atoms with van der Waals surface area (Å²) in [7, 11) is 0. The lowest BCUT2D eigenvalue weighted by molar-refractivity contribution is -0.129. The zero-order chi connectivity index (χ0) is 10.8. The number of fused-ring (bicyclic) bond motifs is 1. The maximum Gasteiger partial charge on any atom is 0.360 e. The van der Waals surface area contributed by atoms with Crippen LogP contribution in [0.1, 0.15) is 5.69 Å². The van der Waals surface area contributed by atoms with Gasteiger partial charge in [0.15, 0.2) is 11.3 Å². The van der Waals surface area contributed by atoms with Crippen LogP contribution >= 0.6 is 0 Å².